The summed E-state index contributed by atoms with van der Waals surface area (Å²) in [5.74, 6) is -0.170. The number of rotatable bonds is 2. The van der Waals surface area contributed by atoms with Gasteiger partial charge in [-0.25, -0.2) is 4.79 Å². The van der Waals surface area contributed by atoms with Gasteiger partial charge in [0.2, 0.25) is 0 Å². The van der Waals surface area contributed by atoms with Gasteiger partial charge in [0, 0.05) is 13.1 Å². The Bertz CT molecular complexity index is 732. The van der Waals surface area contributed by atoms with Gasteiger partial charge < -0.3 is 9.88 Å². The highest BCUT2D eigenvalue weighted by Gasteiger charge is 2.20. The van der Waals surface area contributed by atoms with Crippen LogP contribution in [0.2, 0.25) is 4.34 Å². The van der Waals surface area contributed by atoms with E-state index in [-0.39, 0.29) is 11.6 Å². The van der Waals surface area contributed by atoms with Crippen LogP contribution in [-0.2, 0) is 0 Å². The SMILES string of the molecule is O=C(c1cc(-c2ccc(Cl)s2)[nH]c(=O)n1)N1CCCCCC1. The fourth-order valence-electron chi connectivity index (χ4n) is 2.59. The summed E-state index contributed by atoms with van der Waals surface area (Å²) in [6.45, 7) is 1.46. The van der Waals surface area contributed by atoms with Gasteiger partial charge in [0.05, 0.1) is 14.9 Å². The molecule has 2 aromatic heterocycles. The Hall–Kier alpha value is -1.66. The molecule has 1 amide bonds. The molecule has 0 spiro atoms. The number of nitrogens with one attached hydrogen (secondary N) is 1. The van der Waals surface area contributed by atoms with Gasteiger partial charge >= 0.3 is 5.69 Å². The van der Waals surface area contributed by atoms with E-state index in [9.17, 15) is 9.59 Å². The molecule has 1 aliphatic heterocycles. The van der Waals surface area contributed by atoms with Gasteiger partial charge in [-0.15, -0.1) is 11.3 Å². The van der Waals surface area contributed by atoms with Gasteiger partial charge in [0.15, 0.2) is 0 Å². The molecule has 5 nitrogen and oxygen atoms in total. The van der Waals surface area contributed by atoms with Crippen LogP contribution < -0.4 is 5.69 Å². The molecule has 3 heterocycles. The van der Waals surface area contributed by atoms with Gasteiger partial charge in [-0.1, -0.05) is 24.4 Å². The maximum atomic E-state index is 12.6. The second-order valence-electron chi connectivity index (χ2n) is 5.30. The molecule has 0 aliphatic carbocycles. The summed E-state index contributed by atoms with van der Waals surface area (Å²) in [4.78, 5) is 33.5. The summed E-state index contributed by atoms with van der Waals surface area (Å²) < 4.78 is 0.632. The van der Waals surface area contributed by atoms with Crippen LogP contribution in [0, 0.1) is 0 Å². The minimum Gasteiger partial charge on any atom is -0.337 e. The predicted octanol–water partition coefficient (Wildman–Crippen LogP) is 3.17. The normalized spacial score (nSPS) is 15.6. The smallest absolute Gasteiger partial charge is 0.337 e. The largest absolute Gasteiger partial charge is 0.346 e. The van der Waals surface area contributed by atoms with E-state index in [1.807, 2.05) is 6.07 Å². The summed E-state index contributed by atoms with van der Waals surface area (Å²) in [6, 6.07) is 5.21. The highest BCUT2D eigenvalue weighted by atomic mass is 35.5. The molecule has 1 saturated heterocycles. The number of halogens is 1. The van der Waals surface area contributed by atoms with Crippen LogP contribution in [0.15, 0.2) is 23.0 Å². The van der Waals surface area contributed by atoms with Crippen LogP contribution in [0.5, 0.6) is 0 Å². The average molecular weight is 338 g/mol. The Morgan fingerprint density at radius 3 is 2.59 bits per heavy atom. The van der Waals surface area contributed by atoms with Crippen molar-refractivity contribution in [1.82, 2.24) is 14.9 Å². The lowest BCUT2D eigenvalue weighted by atomic mass is 10.2. The summed E-state index contributed by atoms with van der Waals surface area (Å²) in [6.07, 6.45) is 4.29. The quantitative estimate of drug-likeness (QED) is 0.915. The first kappa shape index (κ1) is 15.2. The maximum Gasteiger partial charge on any atom is 0.346 e. The number of hydrogen-bond donors (Lipinski definition) is 1. The minimum absolute atomic E-state index is 0.170. The number of aromatic amines is 1. The van der Waals surface area contributed by atoms with Crippen LogP contribution >= 0.6 is 22.9 Å². The molecule has 0 atom stereocenters. The molecule has 2 aromatic rings. The highest BCUT2D eigenvalue weighted by Crippen LogP contribution is 2.29. The van der Waals surface area contributed by atoms with Crippen LogP contribution in [0.1, 0.15) is 36.2 Å². The van der Waals surface area contributed by atoms with E-state index in [1.165, 1.54) is 11.3 Å². The van der Waals surface area contributed by atoms with Gasteiger partial charge in [-0.05, 0) is 31.0 Å². The summed E-state index contributed by atoms with van der Waals surface area (Å²) in [7, 11) is 0. The van der Waals surface area contributed by atoms with E-state index in [0.717, 1.165) is 43.6 Å². The molecular formula is C15H16ClN3O2S. The number of hydrogen-bond acceptors (Lipinski definition) is 4. The van der Waals surface area contributed by atoms with Crippen molar-refractivity contribution in [3.05, 3.63) is 38.7 Å². The highest BCUT2D eigenvalue weighted by molar-refractivity contribution is 7.19. The molecule has 0 bridgehead atoms. The molecule has 1 fully saturated rings. The molecule has 7 heteroatoms. The average Bonchev–Trinajstić information content (AvgIpc) is 2.77. The van der Waals surface area contributed by atoms with Crippen LogP contribution in [0.25, 0.3) is 10.6 Å². The summed E-state index contributed by atoms with van der Waals surface area (Å²) in [5, 5.41) is 0. The molecule has 1 N–H and O–H groups in total. The Balaban J connectivity index is 1.91. The first-order valence-electron chi connectivity index (χ1n) is 7.30. The van der Waals surface area contributed by atoms with Crippen LogP contribution in [-0.4, -0.2) is 33.9 Å². The Labute approximate surface area is 137 Å². The van der Waals surface area contributed by atoms with Crippen molar-refractivity contribution in [2.75, 3.05) is 13.1 Å². The first-order valence-corrected chi connectivity index (χ1v) is 8.49. The van der Waals surface area contributed by atoms with Crippen LogP contribution in [0.3, 0.4) is 0 Å². The molecule has 1 aliphatic rings. The lowest BCUT2D eigenvalue weighted by Crippen LogP contribution is -2.33. The first-order chi connectivity index (χ1) is 10.6. The van der Waals surface area contributed by atoms with Crippen molar-refractivity contribution >= 4 is 28.8 Å². The lowest BCUT2D eigenvalue weighted by molar-refractivity contribution is 0.0755. The second kappa shape index (κ2) is 6.62. The number of amides is 1. The Morgan fingerprint density at radius 2 is 1.95 bits per heavy atom. The third-order valence-electron chi connectivity index (χ3n) is 3.70. The molecule has 116 valence electrons. The fraction of sp³-hybridized carbons (Fsp3) is 0.400. The number of thiophene rings is 1. The third-order valence-corrected chi connectivity index (χ3v) is 4.96. The van der Waals surface area contributed by atoms with Gasteiger partial charge in [-0.2, -0.15) is 4.98 Å². The van der Waals surface area contributed by atoms with E-state index < -0.39 is 5.69 Å². The van der Waals surface area contributed by atoms with Crippen molar-refractivity contribution in [3.8, 4) is 10.6 Å². The molecule has 0 unspecified atom stereocenters. The molecule has 0 radical (unpaired) electrons. The number of carbonyl (C=O) groups excluding carboxylic acids is 1. The monoisotopic (exact) mass is 337 g/mol. The number of carbonyl (C=O) groups is 1. The van der Waals surface area contributed by atoms with Gasteiger partial charge in [0.25, 0.3) is 5.91 Å². The molecule has 0 aromatic carbocycles. The zero-order valence-electron chi connectivity index (χ0n) is 12.0. The summed E-state index contributed by atoms with van der Waals surface area (Å²) in [5.41, 5.74) is 0.264. The zero-order valence-corrected chi connectivity index (χ0v) is 13.5. The predicted molar refractivity (Wildman–Crippen MR) is 87.6 cm³/mol. The lowest BCUT2D eigenvalue weighted by Gasteiger charge is -2.19. The van der Waals surface area contributed by atoms with Crippen LogP contribution in [0.4, 0.5) is 0 Å². The number of aromatic nitrogens is 2. The maximum absolute atomic E-state index is 12.6. The minimum atomic E-state index is -0.514. The second-order valence-corrected chi connectivity index (χ2v) is 7.01. The molecular weight excluding hydrogens is 322 g/mol. The van der Waals surface area contributed by atoms with E-state index in [0.29, 0.717) is 10.0 Å². The number of H-pyrrole nitrogens is 1. The number of likely N-dealkylation sites (tertiary alicyclic amines) is 1. The van der Waals surface area contributed by atoms with Crippen molar-refractivity contribution in [3.63, 3.8) is 0 Å². The molecule has 22 heavy (non-hydrogen) atoms. The van der Waals surface area contributed by atoms with E-state index in [4.69, 9.17) is 11.6 Å². The zero-order chi connectivity index (χ0) is 15.5. The molecule has 0 saturated carbocycles. The topological polar surface area (TPSA) is 66.1 Å². The van der Waals surface area contributed by atoms with E-state index in [2.05, 4.69) is 9.97 Å². The summed E-state index contributed by atoms with van der Waals surface area (Å²) >= 11 is 7.28. The van der Waals surface area contributed by atoms with Crippen molar-refractivity contribution in [2.45, 2.75) is 25.7 Å². The van der Waals surface area contributed by atoms with E-state index >= 15 is 0 Å². The Kier molecular flexibility index (Phi) is 4.59. The standard InChI is InChI=1S/C15H16ClN3O2S/c16-13-6-5-12(22-13)10-9-11(18-15(21)17-10)14(20)19-7-3-1-2-4-8-19/h5-6,9H,1-4,7-8H2,(H,17,18,21). The van der Waals surface area contributed by atoms with Crippen molar-refractivity contribution < 1.29 is 4.79 Å². The van der Waals surface area contributed by atoms with Crippen molar-refractivity contribution in [2.24, 2.45) is 0 Å². The fourth-order valence-corrected chi connectivity index (χ4v) is 3.61. The van der Waals surface area contributed by atoms with Gasteiger partial charge in [0.1, 0.15) is 5.69 Å². The molecule has 3 rings (SSSR count). The van der Waals surface area contributed by atoms with Crippen molar-refractivity contribution in [1.29, 1.82) is 0 Å². The third kappa shape index (κ3) is 3.39. The number of nitrogens with zero attached hydrogens (tertiary/aromatic N) is 2. The Morgan fingerprint density at radius 1 is 1.23 bits per heavy atom. The van der Waals surface area contributed by atoms with Gasteiger partial charge in [-0.3, -0.25) is 4.79 Å². The van der Waals surface area contributed by atoms with E-state index in [1.54, 1.807) is 17.0 Å².